The number of hydrogen-bond acceptors (Lipinski definition) is 0. The molecule has 2 unspecified atom stereocenters. The third-order valence-corrected chi connectivity index (χ3v) is 6.26. The molecule has 0 saturated heterocycles. The zero-order valence-corrected chi connectivity index (χ0v) is 15.1. The lowest BCUT2D eigenvalue weighted by Crippen LogP contribution is -2.26. The van der Waals surface area contributed by atoms with E-state index in [0.29, 0.717) is 10.8 Å². The van der Waals surface area contributed by atoms with Gasteiger partial charge in [0.1, 0.15) is 0 Å². The van der Waals surface area contributed by atoms with Crippen molar-refractivity contribution in [1.82, 2.24) is 0 Å². The molecule has 0 heteroatoms. The minimum Gasteiger partial charge on any atom is -0.0573 e. The van der Waals surface area contributed by atoms with Crippen molar-refractivity contribution in [3.8, 4) is 0 Å². The van der Waals surface area contributed by atoms with Crippen LogP contribution in [0.1, 0.15) is 86.5 Å². The van der Waals surface area contributed by atoms with Crippen LogP contribution in [0, 0.1) is 22.7 Å². The van der Waals surface area contributed by atoms with Crippen LogP contribution in [-0.2, 0) is 0 Å². The zero-order chi connectivity index (χ0) is 15.4. The number of hydrogen-bond donors (Lipinski definition) is 0. The molecular formula is C21H34. The van der Waals surface area contributed by atoms with Crippen molar-refractivity contribution in [2.45, 2.75) is 86.5 Å². The molecule has 0 heterocycles. The van der Waals surface area contributed by atoms with E-state index in [4.69, 9.17) is 0 Å². The fourth-order valence-electron chi connectivity index (χ4n) is 5.03. The molecule has 3 rings (SSSR count). The molecule has 2 saturated carbocycles. The summed E-state index contributed by atoms with van der Waals surface area (Å²) in [6.07, 6.45) is 9.98. The van der Waals surface area contributed by atoms with Gasteiger partial charge in [-0.1, -0.05) is 65.5 Å². The zero-order valence-electron chi connectivity index (χ0n) is 15.1. The van der Waals surface area contributed by atoms with Crippen LogP contribution in [0.4, 0.5) is 0 Å². The van der Waals surface area contributed by atoms with Crippen LogP contribution in [0.15, 0.2) is 22.3 Å². The summed E-state index contributed by atoms with van der Waals surface area (Å²) in [4.78, 5) is 0. The van der Waals surface area contributed by atoms with Gasteiger partial charge in [-0.25, -0.2) is 0 Å². The highest BCUT2D eigenvalue weighted by atomic mass is 14.5. The van der Waals surface area contributed by atoms with E-state index in [2.05, 4.69) is 41.5 Å². The van der Waals surface area contributed by atoms with Crippen LogP contribution in [-0.4, -0.2) is 0 Å². The van der Waals surface area contributed by atoms with Crippen molar-refractivity contribution >= 4 is 0 Å². The standard InChI is InChI=1S/C21H34/c1-20(2,3)18-13-19(21(4,5)6)17-12-15-10-8-7-9-14(15)11-16(17)18/h14-15H,7-13H2,1-6H3. The summed E-state index contributed by atoms with van der Waals surface area (Å²) in [5, 5.41) is 0. The van der Waals surface area contributed by atoms with Crippen LogP contribution in [0.3, 0.4) is 0 Å². The average Bonchev–Trinajstić information content (AvgIpc) is 2.74. The molecule has 0 radical (unpaired) electrons. The maximum Gasteiger partial charge on any atom is -0.00861 e. The highest BCUT2D eigenvalue weighted by molar-refractivity contribution is 5.52. The molecule has 0 bridgehead atoms. The van der Waals surface area contributed by atoms with Crippen LogP contribution < -0.4 is 0 Å². The predicted octanol–water partition coefficient (Wildman–Crippen LogP) is 6.68. The van der Waals surface area contributed by atoms with Crippen molar-refractivity contribution in [3.05, 3.63) is 22.3 Å². The molecule has 2 fully saturated rings. The van der Waals surface area contributed by atoms with Crippen LogP contribution >= 0.6 is 0 Å². The molecule has 0 aromatic rings. The van der Waals surface area contributed by atoms with Gasteiger partial charge in [0, 0.05) is 0 Å². The Bertz CT molecular complexity index is 441. The third kappa shape index (κ3) is 2.76. The van der Waals surface area contributed by atoms with Gasteiger partial charge in [-0.05, 0) is 65.9 Å². The van der Waals surface area contributed by atoms with E-state index < -0.39 is 0 Å². The molecule has 0 aliphatic heterocycles. The number of fused-ring (bicyclic) bond motifs is 2. The molecule has 3 aliphatic carbocycles. The summed E-state index contributed by atoms with van der Waals surface area (Å²) in [5.41, 5.74) is 7.83. The van der Waals surface area contributed by atoms with Crippen molar-refractivity contribution in [3.63, 3.8) is 0 Å². The Balaban J connectivity index is 2.02. The second-order valence-electron chi connectivity index (χ2n) is 9.80. The quantitative estimate of drug-likeness (QED) is 0.466. The van der Waals surface area contributed by atoms with Gasteiger partial charge in [0.25, 0.3) is 0 Å². The Morgan fingerprint density at radius 1 is 0.667 bits per heavy atom. The summed E-state index contributed by atoms with van der Waals surface area (Å²) in [5.74, 6) is 1.99. The summed E-state index contributed by atoms with van der Waals surface area (Å²) in [6.45, 7) is 14.5. The molecule has 118 valence electrons. The normalized spacial score (nSPS) is 30.6. The Labute approximate surface area is 132 Å². The fraction of sp³-hybridized carbons (Fsp3) is 0.810. The third-order valence-electron chi connectivity index (χ3n) is 6.26. The molecule has 0 amide bonds. The Kier molecular flexibility index (Phi) is 3.66. The van der Waals surface area contributed by atoms with Crippen molar-refractivity contribution in [1.29, 1.82) is 0 Å². The van der Waals surface area contributed by atoms with E-state index in [9.17, 15) is 0 Å². The lowest BCUT2D eigenvalue weighted by molar-refractivity contribution is 0.217. The van der Waals surface area contributed by atoms with Gasteiger partial charge in [0.15, 0.2) is 0 Å². The van der Waals surface area contributed by atoms with Crippen LogP contribution in [0.5, 0.6) is 0 Å². The van der Waals surface area contributed by atoms with E-state index >= 15 is 0 Å². The van der Waals surface area contributed by atoms with Gasteiger partial charge in [0.05, 0.1) is 0 Å². The molecule has 3 aliphatic rings. The molecule has 0 aromatic heterocycles. The molecule has 0 spiro atoms. The minimum absolute atomic E-state index is 0.342. The predicted molar refractivity (Wildman–Crippen MR) is 92.3 cm³/mol. The monoisotopic (exact) mass is 286 g/mol. The first-order chi connectivity index (χ1) is 9.68. The molecule has 0 N–H and O–H groups in total. The van der Waals surface area contributed by atoms with Gasteiger partial charge in [0.2, 0.25) is 0 Å². The minimum atomic E-state index is 0.342. The first-order valence-electron chi connectivity index (χ1n) is 9.13. The van der Waals surface area contributed by atoms with Gasteiger partial charge in [-0.15, -0.1) is 0 Å². The lowest BCUT2D eigenvalue weighted by atomic mass is 9.66. The maximum absolute atomic E-state index is 2.42. The van der Waals surface area contributed by atoms with E-state index in [1.165, 1.54) is 44.9 Å². The molecular weight excluding hydrogens is 252 g/mol. The van der Waals surface area contributed by atoms with Crippen molar-refractivity contribution in [2.75, 3.05) is 0 Å². The van der Waals surface area contributed by atoms with Gasteiger partial charge in [-0.3, -0.25) is 0 Å². The van der Waals surface area contributed by atoms with Crippen molar-refractivity contribution in [2.24, 2.45) is 22.7 Å². The largest absolute Gasteiger partial charge is 0.0573 e. The van der Waals surface area contributed by atoms with Gasteiger partial charge in [-0.2, -0.15) is 0 Å². The van der Waals surface area contributed by atoms with E-state index in [-0.39, 0.29) is 0 Å². The Hall–Kier alpha value is -0.520. The smallest absolute Gasteiger partial charge is 0.00861 e. The first-order valence-corrected chi connectivity index (χ1v) is 9.13. The fourth-order valence-corrected chi connectivity index (χ4v) is 5.03. The highest BCUT2D eigenvalue weighted by Gasteiger charge is 2.41. The summed E-state index contributed by atoms with van der Waals surface area (Å²) in [6, 6.07) is 0. The second kappa shape index (κ2) is 5.00. The average molecular weight is 287 g/mol. The van der Waals surface area contributed by atoms with Crippen LogP contribution in [0.25, 0.3) is 0 Å². The maximum atomic E-state index is 2.42. The molecule has 2 atom stereocenters. The van der Waals surface area contributed by atoms with Crippen molar-refractivity contribution < 1.29 is 0 Å². The first kappa shape index (κ1) is 15.4. The topological polar surface area (TPSA) is 0 Å². The molecule has 0 nitrogen and oxygen atoms in total. The summed E-state index contributed by atoms with van der Waals surface area (Å²) in [7, 11) is 0. The molecule has 21 heavy (non-hydrogen) atoms. The second-order valence-corrected chi connectivity index (χ2v) is 9.80. The number of rotatable bonds is 0. The van der Waals surface area contributed by atoms with E-state index in [1.54, 1.807) is 22.3 Å². The number of allylic oxidation sites excluding steroid dienone is 4. The lowest BCUT2D eigenvalue weighted by Gasteiger charge is -2.39. The Morgan fingerprint density at radius 3 is 1.38 bits per heavy atom. The summed E-state index contributed by atoms with van der Waals surface area (Å²) >= 11 is 0. The molecule has 0 aromatic carbocycles. The Morgan fingerprint density at radius 2 is 1.05 bits per heavy atom. The summed E-state index contributed by atoms with van der Waals surface area (Å²) < 4.78 is 0. The van der Waals surface area contributed by atoms with E-state index in [1.807, 2.05) is 0 Å². The highest BCUT2D eigenvalue weighted by Crippen LogP contribution is 2.56. The van der Waals surface area contributed by atoms with E-state index in [0.717, 1.165) is 11.8 Å². The van der Waals surface area contributed by atoms with Gasteiger partial charge < -0.3 is 0 Å². The SMILES string of the molecule is CC(C)(C)C1=C2CC3CCCCC3CC2=C(C(C)(C)C)C1. The van der Waals surface area contributed by atoms with Crippen LogP contribution in [0.2, 0.25) is 0 Å². The van der Waals surface area contributed by atoms with Gasteiger partial charge >= 0.3 is 0 Å².